The van der Waals surface area contributed by atoms with Gasteiger partial charge in [0, 0.05) is 66.4 Å². The Morgan fingerprint density at radius 2 is 1.47 bits per heavy atom. The molecule has 1 saturated carbocycles. The van der Waals surface area contributed by atoms with Gasteiger partial charge >= 0.3 is 5.97 Å². The number of benzene rings is 1. The molecule has 2 fully saturated rings. The topological polar surface area (TPSA) is 212 Å². The molecule has 0 radical (unpaired) electrons. The minimum atomic E-state index is -1.16. The number of unbranched alkanes of at least 4 members (excludes halogenated alkanes) is 2. The van der Waals surface area contributed by atoms with Crippen LogP contribution in [-0.2, 0) is 54.3 Å². The Labute approximate surface area is 403 Å². The van der Waals surface area contributed by atoms with Crippen LogP contribution in [0.1, 0.15) is 112 Å². The van der Waals surface area contributed by atoms with Gasteiger partial charge in [-0.15, -0.1) is 0 Å². The molecule has 4 rings (SSSR count). The van der Waals surface area contributed by atoms with Gasteiger partial charge in [-0.25, -0.2) is 4.79 Å². The van der Waals surface area contributed by atoms with Gasteiger partial charge in [0.15, 0.2) is 0 Å². The first-order chi connectivity index (χ1) is 32.1. The fourth-order valence-electron chi connectivity index (χ4n) is 10.0. The van der Waals surface area contributed by atoms with Gasteiger partial charge in [0.05, 0.1) is 36.6 Å². The number of likely N-dealkylation sites (tertiary alicyclic amines) is 1. The standard InChI is InChI=1S/C51H78N6O11/c1-12-33(6)45(55(9)49(64)43(31(2)3)53-48(63)44(32(4)5)54(8)39(58)21-17-14-18-26-56-40(59)22-23-41(56)60)38(67-10)28-42(61)57-30-51(24-25-51)29-37(57)46(68-11)34(7)47(62)52-36(50(65)66)27-35-19-15-13-16-20-35/h13,15-16,19-20,22-23,31-34,36-38,43-46H,12,14,17-18,21,24-30H2,1-11H3,(H,52,62)(H,53,63)(H,65,66)/t33-,34+,36-,37-,38+,43-,44-,45-,46+/m0/s1. The third kappa shape index (κ3) is 14.0. The van der Waals surface area contributed by atoms with Crippen LogP contribution in [0.3, 0.4) is 0 Å². The molecule has 1 aromatic rings. The number of amides is 7. The normalized spacial score (nSPS) is 19.9. The van der Waals surface area contributed by atoms with Gasteiger partial charge in [-0.1, -0.05) is 91.6 Å². The molecular weight excluding hydrogens is 873 g/mol. The Balaban J connectivity index is 1.45. The maximum Gasteiger partial charge on any atom is 0.326 e. The van der Waals surface area contributed by atoms with E-state index in [-0.39, 0.29) is 78.5 Å². The van der Waals surface area contributed by atoms with Gasteiger partial charge < -0.3 is 39.9 Å². The molecule has 0 bridgehead atoms. The van der Waals surface area contributed by atoms with Gasteiger partial charge in [0.25, 0.3) is 11.8 Å². The zero-order valence-corrected chi connectivity index (χ0v) is 42.2. The number of hydrogen-bond acceptors (Lipinski definition) is 10. The number of ether oxygens (including phenoxy) is 2. The van der Waals surface area contributed by atoms with Crippen molar-refractivity contribution >= 4 is 47.3 Å². The van der Waals surface area contributed by atoms with Gasteiger partial charge in [0.2, 0.25) is 29.5 Å². The number of hydrogen-bond donors (Lipinski definition) is 3. The van der Waals surface area contributed by atoms with Crippen LogP contribution in [0.4, 0.5) is 0 Å². The molecule has 0 aromatic heterocycles. The van der Waals surface area contributed by atoms with Crippen molar-refractivity contribution in [2.75, 3.05) is 41.4 Å². The predicted molar refractivity (Wildman–Crippen MR) is 255 cm³/mol. The Kier molecular flexibility index (Phi) is 20.3. The molecule has 3 N–H and O–H groups in total. The lowest BCUT2D eigenvalue weighted by atomic mass is 9.89. The number of nitrogens with one attached hydrogen (secondary N) is 2. The summed E-state index contributed by atoms with van der Waals surface area (Å²) in [6.07, 6.45) is 6.00. The number of likely N-dealkylation sites (N-methyl/N-ethyl adjacent to an activating group) is 2. The highest BCUT2D eigenvalue weighted by molar-refractivity contribution is 6.12. The second kappa shape index (κ2) is 24.9. The molecule has 0 unspecified atom stereocenters. The van der Waals surface area contributed by atoms with E-state index in [1.54, 1.807) is 43.0 Å². The van der Waals surface area contributed by atoms with Crippen molar-refractivity contribution in [1.82, 2.24) is 30.2 Å². The molecule has 68 heavy (non-hydrogen) atoms. The van der Waals surface area contributed by atoms with E-state index in [9.17, 15) is 43.5 Å². The Morgan fingerprint density at radius 1 is 0.838 bits per heavy atom. The van der Waals surface area contributed by atoms with Crippen LogP contribution in [0, 0.1) is 29.1 Å². The Morgan fingerprint density at radius 3 is 2.00 bits per heavy atom. The number of aliphatic carboxylic acids is 1. The number of rotatable bonds is 27. The van der Waals surface area contributed by atoms with Crippen molar-refractivity contribution in [1.29, 1.82) is 0 Å². The maximum atomic E-state index is 14.7. The lowest BCUT2D eigenvalue weighted by molar-refractivity contribution is -0.149. The van der Waals surface area contributed by atoms with E-state index in [1.807, 2.05) is 59.7 Å². The summed E-state index contributed by atoms with van der Waals surface area (Å²) in [7, 11) is 6.27. The molecule has 378 valence electrons. The van der Waals surface area contributed by atoms with Gasteiger partial charge in [-0.3, -0.25) is 38.5 Å². The van der Waals surface area contributed by atoms with Crippen molar-refractivity contribution in [2.24, 2.45) is 29.1 Å². The monoisotopic (exact) mass is 951 g/mol. The highest BCUT2D eigenvalue weighted by Crippen LogP contribution is 2.56. The summed E-state index contributed by atoms with van der Waals surface area (Å²) in [5.74, 6) is -5.18. The SMILES string of the molecule is CC[C@H](C)[C@@H]([C@@H](CC(=O)N1CC2(CC2)C[C@H]1[C@H](OC)[C@@H](C)C(=O)N[C@@H](Cc1ccccc1)C(=O)O)OC)N(C)C(=O)[C@@H](NC(=O)[C@H](C(C)C)N(C)C(=O)CCCCCN1C(=O)C=CC1=O)C(C)C. The molecule has 1 aromatic carbocycles. The first-order valence-electron chi connectivity index (χ1n) is 24.4. The third-order valence-electron chi connectivity index (χ3n) is 14.5. The first-order valence-corrected chi connectivity index (χ1v) is 24.4. The van der Waals surface area contributed by atoms with Crippen LogP contribution in [-0.4, -0.2) is 156 Å². The van der Waals surface area contributed by atoms with Gasteiger partial charge in [-0.2, -0.15) is 0 Å². The summed E-state index contributed by atoms with van der Waals surface area (Å²) in [5.41, 5.74) is 0.672. The minimum Gasteiger partial charge on any atom is -0.480 e. The van der Waals surface area contributed by atoms with Crippen LogP contribution in [0.5, 0.6) is 0 Å². The van der Waals surface area contributed by atoms with Crippen LogP contribution >= 0.6 is 0 Å². The molecule has 17 nitrogen and oxygen atoms in total. The van der Waals surface area contributed by atoms with Crippen molar-refractivity contribution in [3.8, 4) is 0 Å². The van der Waals surface area contributed by atoms with Crippen LogP contribution in [0.25, 0.3) is 0 Å². The number of methoxy groups -OCH3 is 2. The van der Waals surface area contributed by atoms with Gasteiger partial charge in [-0.05, 0) is 60.8 Å². The number of carboxylic acids is 1. The molecule has 1 aliphatic carbocycles. The lowest BCUT2D eigenvalue weighted by Gasteiger charge is -2.41. The summed E-state index contributed by atoms with van der Waals surface area (Å²) < 4.78 is 12.1. The number of imide groups is 1. The van der Waals surface area contributed by atoms with E-state index in [1.165, 1.54) is 36.2 Å². The Bertz CT molecular complexity index is 1950. The highest BCUT2D eigenvalue weighted by Gasteiger charge is 2.56. The Hall–Kier alpha value is -5.16. The second-order valence-corrected chi connectivity index (χ2v) is 20.1. The highest BCUT2D eigenvalue weighted by atomic mass is 16.5. The van der Waals surface area contributed by atoms with E-state index in [0.29, 0.717) is 38.6 Å². The van der Waals surface area contributed by atoms with E-state index < -0.39 is 66.1 Å². The van der Waals surface area contributed by atoms with Crippen molar-refractivity contribution < 1.29 is 52.9 Å². The summed E-state index contributed by atoms with van der Waals surface area (Å²) in [6.45, 7) is 13.8. The van der Waals surface area contributed by atoms with E-state index in [4.69, 9.17) is 9.47 Å². The maximum absolute atomic E-state index is 14.7. The second-order valence-electron chi connectivity index (χ2n) is 20.1. The largest absolute Gasteiger partial charge is 0.480 e. The van der Waals surface area contributed by atoms with E-state index in [0.717, 1.165) is 18.4 Å². The lowest BCUT2D eigenvalue weighted by Crippen LogP contribution is -2.60. The number of nitrogens with zero attached hydrogens (tertiary/aromatic N) is 4. The summed E-state index contributed by atoms with van der Waals surface area (Å²) >= 11 is 0. The van der Waals surface area contributed by atoms with Crippen molar-refractivity contribution in [2.45, 2.75) is 155 Å². The fraction of sp³-hybridized carbons (Fsp3) is 0.686. The van der Waals surface area contributed by atoms with Gasteiger partial charge in [0.1, 0.15) is 18.1 Å². The fourth-order valence-corrected chi connectivity index (χ4v) is 10.0. The molecule has 9 atom stereocenters. The quantitative estimate of drug-likeness (QED) is 0.0840. The van der Waals surface area contributed by atoms with Crippen molar-refractivity contribution in [3.05, 3.63) is 48.0 Å². The molecule has 7 amide bonds. The predicted octanol–water partition coefficient (Wildman–Crippen LogP) is 4.22. The molecule has 17 heteroatoms. The zero-order chi connectivity index (χ0) is 50.6. The summed E-state index contributed by atoms with van der Waals surface area (Å²) in [4.78, 5) is 113. The first kappa shape index (κ1) is 55.4. The van der Waals surface area contributed by atoms with Crippen LogP contribution in [0.15, 0.2) is 42.5 Å². The molecule has 2 aliphatic heterocycles. The van der Waals surface area contributed by atoms with Crippen LogP contribution in [0.2, 0.25) is 0 Å². The summed E-state index contributed by atoms with van der Waals surface area (Å²) in [5, 5.41) is 15.7. The molecule has 1 spiro atoms. The molecule has 2 heterocycles. The minimum absolute atomic E-state index is 0.0718. The molecule has 1 saturated heterocycles. The van der Waals surface area contributed by atoms with E-state index >= 15 is 0 Å². The molecule has 3 aliphatic rings. The average Bonchev–Trinajstić information content (AvgIpc) is 3.85. The van der Waals surface area contributed by atoms with Crippen molar-refractivity contribution in [3.63, 3.8) is 0 Å². The number of carbonyl (C=O) groups excluding carboxylic acids is 7. The number of carboxylic acid groups (broad SMARTS) is 1. The summed E-state index contributed by atoms with van der Waals surface area (Å²) in [6, 6.07) is 5.01. The van der Waals surface area contributed by atoms with E-state index in [2.05, 4.69) is 10.6 Å². The average molecular weight is 951 g/mol. The molecular formula is C51H78N6O11. The smallest absolute Gasteiger partial charge is 0.326 e. The number of carbonyl (C=O) groups is 8. The zero-order valence-electron chi connectivity index (χ0n) is 42.2. The third-order valence-corrected chi connectivity index (χ3v) is 14.5. The van der Waals surface area contributed by atoms with Crippen LogP contribution < -0.4 is 10.6 Å².